The van der Waals surface area contributed by atoms with E-state index in [1.54, 1.807) is 18.3 Å². The first-order valence-electron chi connectivity index (χ1n) is 7.73. The molecule has 0 bridgehead atoms. The largest absolute Gasteiger partial charge is 0.358 e. The number of halogens is 2. The highest BCUT2D eigenvalue weighted by Crippen LogP contribution is 2.14. The Labute approximate surface area is 143 Å². The summed E-state index contributed by atoms with van der Waals surface area (Å²) < 4.78 is 26.9. The lowest BCUT2D eigenvalue weighted by Gasteiger charge is -2.34. The summed E-state index contributed by atoms with van der Waals surface area (Å²) in [7, 11) is 1.86. The molecule has 6 nitrogen and oxygen atoms in total. The van der Waals surface area contributed by atoms with E-state index in [-0.39, 0.29) is 12.1 Å². The van der Waals surface area contributed by atoms with Crippen molar-refractivity contribution in [3.05, 3.63) is 59.8 Å². The number of nitrogens with one attached hydrogen (secondary N) is 1. The number of anilines is 1. The smallest absolute Gasteiger partial charge is 0.257 e. The van der Waals surface area contributed by atoms with Crippen LogP contribution in [0.1, 0.15) is 10.4 Å². The van der Waals surface area contributed by atoms with Crippen LogP contribution in [-0.2, 0) is 0 Å². The van der Waals surface area contributed by atoms with Crippen LogP contribution in [0, 0.1) is 11.6 Å². The van der Waals surface area contributed by atoms with Crippen molar-refractivity contribution in [1.29, 1.82) is 0 Å². The van der Waals surface area contributed by atoms with E-state index >= 15 is 0 Å². The quantitative estimate of drug-likeness (QED) is 0.866. The maximum Gasteiger partial charge on any atom is 0.257 e. The molecule has 8 heteroatoms. The summed E-state index contributed by atoms with van der Waals surface area (Å²) in [6, 6.07) is 8.33. The first-order valence-corrected chi connectivity index (χ1v) is 7.73. The van der Waals surface area contributed by atoms with Gasteiger partial charge in [0.25, 0.3) is 5.91 Å². The lowest BCUT2D eigenvalue weighted by Crippen LogP contribution is -2.51. The maximum absolute atomic E-state index is 13.9. The van der Waals surface area contributed by atoms with Crippen LogP contribution in [0.3, 0.4) is 0 Å². The standard InChI is InChI=1S/C17H17F2N5O/c1-23-8-9-24(17(25)13-6-5-12(18)10-14(13)19)11-16(23)22-21-15-4-2-3-7-20-15/h2-7,10H,8-9,11H2,1H3,(H,20,21)/b22-16-. The maximum atomic E-state index is 13.9. The molecule has 3 rings (SSSR count). The van der Waals surface area contributed by atoms with Gasteiger partial charge in [-0.25, -0.2) is 13.8 Å². The van der Waals surface area contributed by atoms with E-state index in [0.717, 1.165) is 12.1 Å². The Morgan fingerprint density at radius 3 is 2.80 bits per heavy atom. The van der Waals surface area contributed by atoms with Gasteiger partial charge >= 0.3 is 0 Å². The second-order valence-corrected chi connectivity index (χ2v) is 5.63. The Bertz CT molecular complexity index is 797. The van der Waals surface area contributed by atoms with Crippen molar-refractivity contribution in [1.82, 2.24) is 14.8 Å². The summed E-state index contributed by atoms with van der Waals surface area (Å²) in [5.74, 6) is -0.872. The minimum Gasteiger partial charge on any atom is -0.358 e. The van der Waals surface area contributed by atoms with Crippen molar-refractivity contribution in [2.75, 3.05) is 32.1 Å². The van der Waals surface area contributed by atoms with E-state index in [1.165, 1.54) is 4.90 Å². The van der Waals surface area contributed by atoms with Gasteiger partial charge in [-0.2, -0.15) is 5.10 Å². The fraction of sp³-hybridized carbons (Fsp3) is 0.235. The second-order valence-electron chi connectivity index (χ2n) is 5.63. The Hall–Kier alpha value is -3.03. The van der Waals surface area contributed by atoms with Crippen LogP contribution in [-0.4, -0.2) is 53.2 Å². The Balaban J connectivity index is 1.74. The molecule has 25 heavy (non-hydrogen) atoms. The predicted molar refractivity (Wildman–Crippen MR) is 90.2 cm³/mol. The molecule has 0 spiro atoms. The fourth-order valence-electron chi connectivity index (χ4n) is 2.45. The van der Waals surface area contributed by atoms with Crippen molar-refractivity contribution in [3.63, 3.8) is 0 Å². The third-order valence-corrected chi connectivity index (χ3v) is 3.89. The topological polar surface area (TPSA) is 60.8 Å². The minimum atomic E-state index is -0.867. The normalized spacial score (nSPS) is 16.2. The first kappa shape index (κ1) is 16.8. The lowest BCUT2D eigenvalue weighted by atomic mass is 10.1. The Morgan fingerprint density at radius 2 is 2.08 bits per heavy atom. The van der Waals surface area contributed by atoms with Crippen LogP contribution in [0.2, 0.25) is 0 Å². The number of amides is 1. The third kappa shape index (κ3) is 3.90. The molecule has 1 fully saturated rings. The molecule has 0 aliphatic carbocycles. The highest BCUT2D eigenvalue weighted by Gasteiger charge is 2.26. The number of hydrogen-bond donors (Lipinski definition) is 1. The zero-order chi connectivity index (χ0) is 17.8. The Morgan fingerprint density at radius 1 is 1.24 bits per heavy atom. The van der Waals surface area contributed by atoms with E-state index in [0.29, 0.717) is 30.8 Å². The second kappa shape index (κ2) is 7.25. The van der Waals surface area contributed by atoms with Gasteiger partial charge in [0.2, 0.25) is 0 Å². The van der Waals surface area contributed by atoms with Crippen LogP contribution < -0.4 is 5.43 Å². The average molecular weight is 345 g/mol. The zero-order valence-corrected chi connectivity index (χ0v) is 13.6. The number of amidine groups is 1. The number of pyridine rings is 1. The van der Waals surface area contributed by atoms with Gasteiger partial charge in [-0.3, -0.25) is 10.2 Å². The van der Waals surface area contributed by atoms with Gasteiger partial charge in [0.15, 0.2) is 0 Å². The summed E-state index contributed by atoms with van der Waals surface area (Å²) in [5, 5.41) is 4.28. The summed E-state index contributed by atoms with van der Waals surface area (Å²) in [6.07, 6.45) is 1.64. The zero-order valence-electron chi connectivity index (χ0n) is 13.6. The monoisotopic (exact) mass is 345 g/mol. The number of hydrogen-bond acceptors (Lipinski definition) is 4. The van der Waals surface area contributed by atoms with Crippen molar-refractivity contribution < 1.29 is 13.6 Å². The summed E-state index contributed by atoms with van der Waals surface area (Å²) in [4.78, 5) is 20.0. The molecule has 130 valence electrons. The molecule has 1 aliphatic heterocycles. The van der Waals surface area contributed by atoms with Gasteiger partial charge in [0, 0.05) is 32.4 Å². The van der Waals surface area contributed by atoms with Gasteiger partial charge in [-0.1, -0.05) is 6.07 Å². The predicted octanol–water partition coefficient (Wildman–Crippen LogP) is 2.17. The van der Waals surface area contributed by atoms with E-state index in [9.17, 15) is 13.6 Å². The van der Waals surface area contributed by atoms with Crippen LogP contribution >= 0.6 is 0 Å². The lowest BCUT2D eigenvalue weighted by molar-refractivity contribution is 0.0746. The van der Waals surface area contributed by atoms with E-state index in [4.69, 9.17) is 0 Å². The summed E-state index contributed by atoms with van der Waals surface area (Å²) in [5.41, 5.74) is 2.69. The third-order valence-electron chi connectivity index (χ3n) is 3.89. The molecule has 0 saturated carbocycles. The molecule has 2 heterocycles. The number of likely N-dealkylation sites (N-methyl/N-ethyl adjacent to an activating group) is 1. The highest BCUT2D eigenvalue weighted by atomic mass is 19.1. The first-order chi connectivity index (χ1) is 12.0. The van der Waals surface area contributed by atoms with E-state index in [2.05, 4.69) is 15.5 Å². The molecular weight excluding hydrogens is 328 g/mol. The van der Waals surface area contributed by atoms with E-state index < -0.39 is 17.5 Å². The van der Waals surface area contributed by atoms with Crippen molar-refractivity contribution in [3.8, 4) is 0 Å². The van der Waals surface area contributed by atoms with E-state index in [1.807, 2.05) is 18.0 Å². The van der Waals surface area contributed by atoms with Gasteiger partial charge in [-0.15, -0.1) is 0 Å². The number of nitrogens with zero attached hydrogens (tertiary/aromatic N) is 4. The molecule has 0 unspecified atom stereocenters. The number of benzene rings is 1. The van der Waals surface area contributed by atoms with Gasteiger partial charge in [0.1, 0.15) is 23.3 Å². The molecule has 0 atom stereocenters. The molecular formula is C17H17F2N5O. The van der Waals surface area contributed by atoms with Crippen LogP contribution in [0.4, 0.5) is 14.6 Å². The summed E-state index contributed by atoms with van der Waals surface area (Å²) >= 11 is 0. The molecule has 2 aromatic rings. The van der Waals surface area contributed by atoms with Gasteiger partial charge < -0.3 is 9.80 Å². The number of piperazine rings is 1. The fourth-order valence-corrected chi connectivity index (χ4v) is 2.45. The molecule has 1 aromatic heterocycles. The number of hydrazone groups is 1. The molecule has 1 amide bonds. The average Bonchev–Trinajstić information content (AvgIpc) is 2.61. The van der Waals surface area contributed by atoms with Gasteiger partial charge in [-0.05, 0) is 24.3 Å². The molecule has 1 N–H and O–H groups in total. The number of rotatable bonds is 3. The van der Waals surface area contributed by atoms with Crippen molar-refractivity contribution >= 4 is 17.6 Å². The number of carbonyl (C=O) groups is 1. The van der Waals surface area contributed by atoms with Gasteiger partial charge in [0.05, 0.1) is 12.1 Å². The summed E-state index contributed by atoms with van der Waals surface area (Å²) in [6.45, 7) is 1.19. The Kier molecular flexibility index (Phi) is 4.87. The van der Waals surface area contributed by atoms with Crippen molar-refractivity contribution in [2.45, 2.75) is 0 Å². The molecule has 1 saturated heterocycles. The highest BCUT2D eigenvalue weighted by molar-refractivity contribution is 5.98. The SMILES string of the molecule is CN1CCN(C(=O)c2ccc(F)cc2F)C/C1=N/Nc1ccccn1. The molecule has 1 aliphatic rings. The minimum absolute atomic E-state index is 0.150. The number of aromatic nitrogens is 1. The number of carbonyl (C=O) groups excluding carboxylic acids is 1. The molecule has 0 radical (unpaired) electrons. The molecule has 1 aromatic carbocycles. The van der Waals surface area contributed by atoms with Crippen LogP contribution in [0.15, 0.2) is 47.7 Å². The van der Waals surface area contributed by atoms with Crippen LogP contribution in [0.5, 0.6) is 0 Å². The van der Waals surface area contributed by atoms with Crippen LogP contribution in [0.25, 0.3) is 0 Å². The van der Waals surface area contributed by atoms with Crippen molar-refractivity contribution in [2.24, 2.45) is 5.10 Å².